The maximum absolute atomic E-state index is 14.2. The van der Waals surface area contributed by atoms with E-state index in [-0.39, 0.29) is 17.6 Å². The van der Waals surface area contributed by atoms with E-state index in [4.69, 9.17) is 0 Å². The lowest BCUT2D eigenvalue weighted by atomic mass is 10.1. The van der Waals surface area contributed by atoms with Gasteiger partial charge in [0.15, 0.2) is 0 Å². The zero-order chi connectivity index (χ0) is 23.4. The molecular weight excluding hydrogens is 419 g/mol. The van der Waals surface area contributed by atoms with E-state index in [1.54, 1.807) is 42.6 Å². The number of para-hydroxylation sites is 1. The van der Waals surface area contributed by atoms with Crippen molar-refractivity contribution in [2.45, 2.75) is 20.4 Å². The number of carbonyl (C=O) groups is 2. The van der Waals surface area contributed by atoms with Gasteiger partial charge in [0, 0.05) is 45.9 Å². The topological polar surface area (TPSA) is 75.5 Å². The summed E-state index contributed by atoms with van der Waals surface area (Å²) < 4.78 is 16.3. The number of fused-ring (bicyclic) bond motifs is 1. The van der Waals surface area contributed by atoms with Crippen molar-refractivity contribution in [1.29, 1.82) is 0 Å². The number of hydrazone groups is 1. The van der Waals surface area contributed by atoms with E-state index in [9.17, 15) is 14.0 Å². The Balaban J connectivity index is 1.56. The van der Waals surface area contributed by atoms with E-state index in [1.807, 2.05) is 41.8 Å². The van der Waals surface area contributed by atoms with E-state index >= 15 is 0 Å². The molecule has 4 aromatic rings. The van der Waals surface area contributed by atoms with Crippen LogP contribution in [0.5, 0.6) is 0 Å². The lowest BCUT2D eigenvalue weighted by molar-refractivity contribution is -0.114. The molecule has 0 spiro atoms. The zero-order valence-electron chi connectivity index (χ0n) is 18.3. The molecule has 1 aromatic heterocycles. The van der Waals surface area contributed by atoms with Gasteiger partial charge in [0.2, 0.25) is 5.91 Å². The Morgan fingerprint density at radius 2 is 1.70 bits per heavy atom. The van der Waals surface area contributed by atoms with Crippen LogP contribution in [-0.4, -0.2) is 22.6 Å². The molecule has 3 aromatic carbocycles. The van der Waals surface area contributed by atoms with Crippen LogP contribution in [0, 0.1) is 12.7 Å². The summed E-state index contributed by atoms with van der Waals surface area (Å²) in [6, 6.07) is 21.1. The van der Waals surface area contributed by atoms with Gasteiger partial charge in [-0.2, -0.15) is 5.10 Å². The molecule has 33 heavy (non-hydrogen) atoms. The van der Waals surface area contributed by atoms with Crippen LogP contribution in [-0.2, 0) is 11.3 Å². The first kappa shape index (κ1) is 22.0. The number of carbonyl (C=O) groups excluding carboxylic acids is 2. The molecule has 4 rings (SSSR count). The Morgan fingerprint density at radius 1 is 1.00 bits per heavy atom. The second kappa shape index (κ2) is 9.48. The number of rotatable bonds is 6. The quantitative estimate of drug-likeness (QED) is 0.331. The lowest BCUT2D eigenvalue weighted by Gasteiger charge is -2.09. The fourth-order valence-corrected chi connectivity index (χ4v) is 3.75. The highest BCUT2D eigenvalue weighted by atomic mass is 19.1. The molecule has 6 nitrogen and oxygen atoms in total. The van der Waals surface area contributed by atoms with Crippen molar-refractivity contribution in [2.24, 2.45) is 5.10 Å². The lowest BCUT2D eigenvalue weighted by Crippen LogP contribution is -2.17. The number of nitrogens with zero attached hydrogens (tertiary/aromatic N) is 2. The summed E-state index contributed by atoms with van der Waals surface area (Å²) >= 11 is 0. The van der Waals surface area contributed by atoms with Gasteiger partial charge in [-0.1, -0.05) is 36.4 Å². The van der Waals surface area contributed by atoms with Crippen molar-refractivity contribution in [3.8, 4) is 0 Å². The van der Waals surface area contributed by atoms with Gasteiger partial charge in [-0.15, -0.1) is 0 Å². The van der Waals surface area contributed by atoms with Gasteiger partial charge in [-0.05, 0) is 43.3 Å². The summed E-state index contributed by atoms with van der Waals surface area (Å²) in [5, 5.41) is 7.77. The fraction of sp³-hybridized carbons (Fsp3) is 0.115. The molecule has 0 saturated carbocycles. The number of anilines is 1. The minimum atomic E-state index is -0.367. The van der Waals surface area contributed by atoms with E-state index < -0.39 is 0 Å². The van der Waals surface area contributed by atoms with Crippen LogP contribution in [0.2, 0.25) is 0 Å². The Bertz CT molecular complexity index is 1360. The number of amides is 2. The van der Waals surface area contributed by atoms with E-state index in [0.29, 0.717) is 23.4 Å². The predicted octanol–water partition coefficient (Wildman–Crippen LogP) is 4.86. The van der Waals surface area contributed by atoms with Crippen LogP contribution in [0.1, 0.15) is 34.1 Å². The fourth-order valence-electron chi connectivity index (χ4n) is 3.75. The van der Waals surface area contributed by atoms with Crippen LogP contribution in [0.3, 0.4) is 0 Å². The van der Waals surface area contributed by atoms with Crippen molar-refractivity contribution in [3.63, 3.8) is 0 Å². The molecule has 0 atom stereocenters. The van der Waals surface area contributed by atoms with Crippen LogP contribution in [0.4, 0.5) is 10.1 Å². The molecule has 0 aliphatic rings. The Labute approximate surface area is 190 Å². The number of halogens is 1. The highest BCUT2D eigenvalue weighted by Crippen LogP contribution is 2.26. The highest BCUT2D eigenvalue weighted by molar-refractivity contribution is 6.02. The van der Waals surface area contributed by atoms with E-state index in [1.165, 1.54) is 13.0 Å². The van der Waals surface area contributed by atoms with Crippen molar-refractivity contribution in [1.82, 2.24) is 9.99 Å². The van der Waals surface area contributed by atoms with Gasteiger partial charge in [0.1, 0.15) is 5.82 Å². The van der Waals surface area contributed by atoms with Gasteiger partial charge in [-0.25, -0.2) is 9.82 Å². The average Bonchev–Trinajstić information content (AvgIpc) is 3.06. The number of aromatic nitrogens is 1. The summed E-state index contributed by atoms with van der Waals surface area (Å²) in [5.74, 6) is -0.795. The molecule has 2 amide bonds. The Hall–Kier alpha value is -4.26. The molecule has 0 unspecified atom stereocenters. The standard InChI is InChI=1S/C26H23FN4O2/c1-17-23(15-28-30-26(33)19-11-13-21(14-12-19)29-18(2)32)22-8-4-6-10-25(22)31(17)16-20-7-3-5-9-24(20)27/h3-15H,16H2,1-2H3,(H,29,32)(H,30,33)/b28-15-. The summed E-state index contributed by atoms with van der Waals surface area (Å²) in [4.78, 5) is 23.6. The molecule has 0 radical (unpaired) electrons. The molecule has 0 fully saturated rings. The van der Waals surface area contributed by atoms with E-state index in [2.05, 4.69) is 15.8 Å². The number of hydrogen-bond donors (Lipinski definition) is 2. The van der Waals surface area contributed by atoms with Gasteiger partial charge < -0.3 is 9.88 Å². The first-order chi connectivity index (χ1) is 15.9. The second-order valence-electron chi connectivity index (χ2n) is 7.65. The maximum atomic E-state index is 14.2. The molecule has 0 saturated heterocycles. The first-order valence-electron chi connectivity index (χ1n) is 10.5. The number of benzene rings is 3. The summed E-state index contributed by atoms with van der Waals surface area (Å²) in [6.07, 6.45) is 1.61. The minimum absolute atomic E-state index is 0.179. The van der Waals surface area contributed by atoms with Crippen LogP contribution in [0.15, 0.2) is 77.9 Å². The summed E-state index contributed by atoms with van der Waals surface area (Å²) in [6.45, 7) is 3.76. The maximum Gasteiger partial charge on any atom is 0.271 e. The molecular formula is C26H23FN4O2. The Morgan fingerprint density at radius 3 is 2.42 bits per heavy atom. The monoisotopic (exact) mass is 442 g/mol. The van der Waals surface area contributed by atoms with E-state index in [0.717, 1.165) is 22.2 Å². The zero-order valence-corrected chi connectivity index (χ0v) is 18.3. The molecule has 0 aliphatic heterocycles. The number of hydrogen-bond acceptors (Lipinski definition) is 3. The molecule has 1 heterocycles. The molecule has 2 N–H and O–H groups in total. The molecule has 7 heteroatoms. The normalized spacial score (nSPS) is 11.1. The highest BCUT2D eigenvalue weighted by Gasteiger charge is 2.14. The van der Waals surface area contributed by atoms with Crippen molar-refractivity contribution >= 4 is 34.6 Å². The number of nitrogens with one attached hydrogen (secondary N) is 2. The molecule has 0 bridgehead atoms. The van der Waals surface area contributed by atoms with Gasteiger partial charge in [0.25, 0.3) is 5.91 Å². The Kier molecular flexibility index (Phi) is 6.31. The van der Waals surface area contributed by atoms with Gasteiger partial charge in [-0.3, -0.25) is 9.59 Å². The smallest absolute Gasteiger partial charge is 0.271 e. The third kappa shape index (κ3) is 4.82. The summed E-state index contributed by atoms with van der Waals surface area (Å²) in [5.41, 5.74) is 6.89. The third-order valence-corrected chi connectivity index (χ3v) is 5.39. The van der Waals surface area contributed by atoms with Gasteiger partial charge >= 0.3 is 0 Å². The van der Waals surface area contributed by atoms with Crippen molar-refractivity contribution in [3.05, 3.63) is 101 Å². The van der Waals surface area contributed by atoms with Gasteiger partial charge in [0.05, 0.1) is 12.8 Å². The SMILES string of the molecule is CC(=O)Nc1ccc(C(=O)N/N=C\c2c(C)n(Cc3ccccc3F)c3ccccc23)cc1. The third-order valence-electron chi connectivity index (χ3n) is 5.39. The average molecular weight is 442 g/mol. The van der Waals surface area contributed by atoms with Crippen LogP contribution in [0.25, 0.3) is 10.9 Å². The van der Waals surface area contributed by atoms with Crippen molar-refractivity contribution < 1.29 is 14.0 Å². The second-order valence-corrected chi connectivity index (χ2v) is 7.65. The minimum Gasteiger partial charge on any atom is -0.340 e. The summed E-state index contributed by atoms with van der Waals surface area (Å²) in [7, 11) is 0. The van der Waals surface area contributed by atoms with Crippen LogP contribution >= 0.6 is 0 Å². The molecule has 0 aliphatic carbocycles. The van der Waals surface area contributed by atoms with Crippen molar-refractivity contribution in [2.75, 3.05) is 5.32 Å². The largest absolute Gasteiger partial charge is 0.340 e. The predicted molar refractivity (Wildman–Crippen MR) is 128 cm³/mol. The molecule has 166 valence electrons. The van der Waals surface area contributed by atoms with Crippen LogP contribution < -0.4 is 10.7 Å². The first-order valence-corrected chi connectivity index (χ1v) is 10.5.